The predicted molar refractivity (Wildman–Crippen MR) is 128 cm³/mol. The Morgan fingerprint density at radius 1 is 0.867 bits per heavy atom. The lowest BCUT2D eigenvalue weighted by Gasteiger charge is -2.39. The second-order valence-corrected chi connectivity index (χ2v) is 8.44. The van der Waals surface area contributed by atoms with Crippen molar-refractivity contribution in [1.82, 2.24) is 0 Å². The van der Waals surface area contributed by atoms with E-state index in [4.69, 9.17) is 0 Å². The summed E-state index contributed by atoms with van der Waals surface area (Å²) in [7, 11) is 0. The fourth-order valence-corrected chi connectivity index (χ4v) is 5.51. The Bertz CT molecular complexity index is 1130. The topological polar surface area (TPSA) is 0 Å². The Labute approximate surface area is 180 Å². The van der Waals surface area contributed by atoms with E-state index >= 15 is 0 Å². The standard InChI is InChI=1S/C30H28/c1-2-3-11-21-30(25-16-8-9-17-25,24-14-5-4-6-15-24)29-20-12-19-27-26-18-10-7-13-23(26)22-28(27)29/h2,4-10,12-16,18-20H,1,3,11,17,21-22H2. The summed E-state index contributed by atoms with van der Waals surface area (Å²) in [5, 5.41) is 0. The van der Waals surface area contributed by atoms with Gasteiger partial charge < -0.3 is 0 Å². The van der Waals surface area contributed by atoms with Gasteiger partial charge in [0.25, 0.3) is 0 Å². The highest BCUT2D eigenvalue weighted by Gasteiger charge is 2.40. The Morgan fingerprint density at radius 2 is 1.67 bits per heavy atom. The fourth-order valence-electron chi connectivity index (χ4n) is 5.51. The Balaban J connectivity index is 1.75. The Morgan fingerprint density at radius 3 is 2.47 bits per heavy atom. The summed E-state index contributed by atoms with van der Waals surface area (Å²) < 4.78 is 0. The molecule has 0 fully saturated rings. The normalized spacial score (nSPS) is 15.9. The molecule has 1 unspecified atom stereocenters. The van der Waals surface area contributed by atoms with E-state index in [9.17, 15) is 0 Å². The first-order chi connectivity index (χ1) is 14.8. The van der Waals surface area contributed by atoms with Gasteiger partial charge in [-0.2, -0.15) is 0 Å². The number of rotatable bonds is 7. The van der Waals surface area contributed by atoms with E-state index in [1.165, 1.54) is 39.0 Å². The van der Waals surface area contributed by atoms with Crippen molar-refractivity contribution in [3.63, 3.8) is 0 Å². The van der Waals surface area contributed by atoms with E-state index in [0.717, 1.165) is 32.1 Å². The number of unbranched alkanes of at least 4 members (excludes halogenated alkanes) is 1. The van der Waals surface area contributed by atoms with Gasteiger partial charge in [-0.15, -0.1) is 6.58 Å². The van der Waals surface area contributed by atoms with E-state index in [0.29, 0.717) is 0 Å². The average molecular weight is 389 g/mol. The maximum absolute atomic E-state index is 3.98. The molecule has 0 saturated heterocycles. The van der Waals surface area contributed by atoms with Crippen LogP contribution in [-0.2, 0) is 11.8 Å². The fraction of sp³-hybridized carbons (Fsp3) is 0.200. The molecule has 0 radical (unpaired) electrons. The molecule has 0 amide bonds. The molecule has 2 aliphatic carbocycles. The zero-order valence-electron chi connectivity index (χ0n) is 17.5. The largest absolute Gasteiger partial charge is 0.103 e. The van der Waals surface area contributed by atoms with Crippen molar-refractivity contribution in [3.05, 3.63) is 132 Å². The van der Waals surface area contributed by atoms with Gasteiger partial charge in [-0.25, -0.2) is 0 Å². The lowest BCUT2D eigenvalue weighted by atomic mass is 9.64. The first-order valence-corrected chi connectivity index (χ1v) is 11.1. The van der Waals surface area contributed by atoms with Gasteiger partial charge >= 0.3 is 0 Å². The Hall–Kier alpha value is -3.12. The summed E-state index contributed by atoms with van der Waals surface area (Å²) in [6.07, 6.45) is 14.3. The van der Waals surface area contributed by atoms with Crippen LogP contribution in [0.15, 0.2) is 109 Å². The molecule has 30 heavy (non-hydrogen) atoms. The summed E-state index contributed by atoms with van der Waals surface area (Å²) in [4.78, 5) is 0. The maximum Gasteiger partial charge on any atom is 0.0420 e. The van der Waals surface area contributed by atoms with Crippen LogP contribution in [-0.4, -0.2) is 0 Å². The van der Waals surface area contributed by atoms with Crippen LogP contribution >= 0.6 is 0 Å². The van der Waals surface area contributed by atoms with E-state index in [1.54, 1.807) is 0 Å². The molecular weight excluding hydrogens is 360 g/mol. The maximum atomic E-state index is 3.98. The van der Waals surface area contributed by atoms with Gasteiger partial charge in [-0.3, -0.25) is 0 Å². The molecule has 3 aromatic carbocycles. The quantitative estimate of drug-likeness (QED) is 0.224. The predicted octanol–water partition coefficient (Wildman–Crippen LogP) is 7.79. The molecule has 0 heteroatoms. The van der Waals surface area contributed by atoms with Crippen molar-refractivity contribution >= 4 is 0 Å². The molecule has 148 valence electrons. The number of fused-ring (bicyclic) bond motifs is 3. The van der Waals surface area contributed by atoms with Gasteiger partial charge in [-0.05, 0) is 65.5 Å². The smallest absolute Gasteiger partial charge is 0.0420 e. The van der Waals surface area contributed by atoms with E-state index in [-0.39, 0.29) is 5.41 Å². The van der Waals surface area contributed by atoms with Crippen LogP contribution in [0.25, 0.3) is 11.1 Å². The van der Waals surface area contributed by atoms with E-state index in [1.807, 2.05) is 0 Å². The zero-order valence-corrected chi connectivity index (χ0v) is 17.5. The summed E-state index contributed by atoms with van der Waals surface area (Å²) in [5.41, 5.74) is 10.1. The SMILES string of the molecule is C=CCCCC(C1=CC=CC1)(c1ccccc1)c1cccc2c1Cc1ccccc1-2. The first kappa shape index (κ1) is 18.9. The van der Waals surface area contributed by atoms with Crippen LogP contribution in [0.3, 0.4) is 0 Å². The highest BCUT2D eigenvalue weighted by molar-refractivity contribution is 5.79. The summed E-state index contributed by atoms with van der Waals surface area (Å²) >= 11 is 0. The van der Waals surface area contributed by atoms with Crippen molar-refractivity contribution in [1.29, 1.82) is 0 Å². The van der Waals surface area contributed by atoms with Gasteiger partial charge in [0.1, 0.15) is 0 Å². The third-order valence-corrected chi connectivity index (χ3v) is 6.86. The van der Waals surface area contributed by atoms with Crippen LogP contribution in [0.5, 0.6) is 0 Å². The van der Waals surface area contributed by atoms with Crippen molar-refractivity contribution < 1.29 is 0 Å². The van der Waals surface area contributed by atoms with Gasteiger partial charge in [0.05, 0.1) is 0 Å². The molecule has 3 aromatic rings. The molecule has 0 bridgehead atoms. The zero-order chi connectivity index (χ0) is 20.4. The molecule has 0 N–H and O–H groups in total. The van der Waals surface area contributed by atoms with Crippen molar-refractivity contribution in [3.8, 4) is 11.1 Å². The molecule has 0 nitrogen and oxygen atoms in total. The number of benzene rings is 3. The van der Waals surface area contributed by atoms with Gasteiger partial charge in [0.2, 0.25) is 0 Å². The van der Waals surface area contributed by atoms with Crippen molar-refractivity contribution in [2.24, 2.45) is 0 Å². The highest BCUT2D eigenvalue weighted by Crippen LogP contribution is 2.51. The average Bonchev–Trinajstić information content (AvgIpc) is 3.46. The van der Waals surface area contributed by atoms with Crippen molar-refractivity contribution in [2.45, 2.75) is 37.5 Å². The third kappa shape index (κ3) is 2.99. The Kier molecular flexibility index (Phi) is 5.01. The van der Waals surface area contributed by atoms with Gasteiger partial charge in [0, 0.05) is 5.41 Å². The van der Waals surface area contributed by atoms with Crippen LogP contribution in [0.4, 0.5) is 0 Å². The number of allylic oxidation sites excluding steroid dienone is 5. The first-order valence-electron chi connectivity index (χ1n) is 11.1. The minimum Gasteiger partial charge on any atom is -0.103 e. The summed E-state index contributed by atoms with van der Waals surface area (Å²) in [5.74, 6) is 0. The molecule has 0 spiro atoms. The summed E-state index contributed by atoms with van der Waals surface area (Å²) in [6.45, 7) is 3.98. The van der Waals surface area contributed by atoms with Gasteiger partial charge in [-0.1, -0.05) is 103 Å². The van der Waals surface area contributed by atoms with E-state index < -0.39 is 0 Å². The summed E-state index contributed by atoms with van der Waals surface area (Å²) in [6, 6.07) is 27.0. The molecule has 2 aliphatic rings. The number of hydrogen-bond acceptors (Lipinski definition) is 0. The highest BCUT2D eigenvalue weighted by atomic mass is 14.4. The third-order valence-electron chi connectivity index (χ3n) is 6.86. The van der Waals surface area contributed by atoms with Crippen LogP contribution in [0.2, 0.25) is 0 Å². The molecule has 0 saturated carbocycles. The monoisotopic (exact) mass is 388 g/mol. The second-order valence-electron chi connectivity index (χ2n) is 8.44. The van der Waals surface area contributed by atoms with Gasteiger partial charge in [0.15, 0.2) is 0 Å². The molecular formula is C30H28. The minimum absolute atomic E-state index is 0.0961. The second kappa shape index (κ2) is 7.95. The molecule has 0 aliphatic heterocycles. The molecule has 0 heterocycles. The molecule has 1 atom stereocenters. The lowest BCUT2D eigenvalue weighted by Crippen LogP contribution is -2.31. The van der Waals surface area contributed by atoms with Crippen LogP contribution in [0, 0.1) is 0 Å². The molecule has 0 aromatic heterocycles. The molecule has 5 rings (SSSR count). The van der Waals surface area contributed by atoms with Crippen LogP contribution in [0.1, 0.15) is 47.9 Å². The van der Waals surface area contributed by atoms with Crippen LogP contribution < -0.4 is 0 Å². The van der Waals surface area contributed by atoms with Crippen molar-refractivity contribution in [2.75, 3.05) is 0 Å². The van der Waals surface area contributed by atoms with E-state index in [2.05, 4.69) is 104 Å². The minimum atomic E-state index is -0.0961. The number of hydrogen-bond donors (Lipinski definition) is 0. The lowest BCUT2D eigenvalue weighted by molar-refractivity contribution is 0.517.